The molecule has 0 bridgehead atoms. The van der Waals surface area contributed by atoms with E-state index in [0.29, 0.717) is 12.6 Å². The Labute approximate surface area is 191 Å². The van der Waals surface area contributed by atoms with Crippen molar-refractivity contribution in [2.75, 3.05) is 39.9 Å². The van der Waals surface area contributed by atoms with Crippen molar-refractivity contribution in [3.8, 4) is 5.75 Å². The fourth-order valence-electron chi connectivity index (χ4n) is 4.05. The maximum Gasteiger partial charge on any atom is 0.191 e. The van der Waals surface area contributed by atoms with Gasteiger partial charge in [0.2, 0.25) is 0 Å². The van der Waals surface area contributed by atoms with Gasteiger partial charge in [-0.1, -0.05) is 12.1 Å². The van der Waals surface area contributed by atoms with Crippen LogP contribution in [0.3, 0.4) is 0 Å². The van der Waals surface area contributed by atoms with Gasteiger partial charge in [0, 0.05) is 38.3 Å². The van der Waals surface area contributed by atoms with E-state index < -0.39 is 0 Å². The van der Waals surface area contributed by atoms with Crippen molar-refractivity contribution >= 4 is 29.9 Å². The number of aryl methyl sites for hydroxylation is 1. The Morgan fingerprint density at radius 1 is 1.28 bits per heavy atom. The average molecular weight is 514 g/mol. The van der Waals surface area contributed by atoms with E-state index in [1.165, 1.54) is 43.4 Å². The van der Waals surface area contributed by atoms with Gasteiger partial charge >= 0.3 is 0 Å². The van der Waals surface area contributed by atoms with Gasteiger partial charge in [-0.15, -0.1) is 24.0 Å². The first-order chi connectivity index (χ1) is 13.7. The highest BCUT2D eigenvalue weighted by Crippen LogP contribution is 2.30. The first-order valence-electron chi connectivity index (χ1n) is 10.7. The monoisotopic (exact) mass is 514 g/mol. The summed E-state index contributed by atoms with van der Waals surface area (Å²) in [7, 11) is 1.81. The van der Waals surface area contributed by atoms with Crippen LogP contribution in [0.25, 0.3) is 0 Å². The third kappa shape index (κ3) is 6.46. The molecule has 0 aromatic heterocycles. The van der Waals surface area contributed by atoms with Gasteiger partial charge in [-0.05, 0) is 56.7 Å². The summed E-state index contributed by atoms with van der Waals surface area (Å²) in [5, 5.41) is 6.85. The predicted molar refractivity (Wildman–Crippen MR) is 127 cm³/mol. The van der Waals surface area contributed by atoms with Crippen LogP contribution in [0.2, 0.25) is 0 Å². The first-order valence-corrected chi connectivity index (χ1v) is 10.7. The quantitative estimate of drug-likeness (QED) is 0.333. The molecule has 1 aliphatic carbocycles. The van der Waals surface area contributed by atoms with Gasteiger partial charge in [-0.2, -0.15) is 0 Å². The third-order valence-electron chi connectivity index (χ3n) is 6.02. The lowest BCUT2D eigenvalue weighted by molar-refractivity contribution is -0.0453. The second kappa shape index (κ2) is 10.8. The first kappa shape index (κ1) is 22.6. The number of fused-ring (bicyclic) bond motifs is 1. The number of hydrogen-bond acceptors (Lipinski definition) is 4. The number of aliphatic imine (C=N–C) groups is 1. The Morgan fingerprint density at radius 2 is 2.14 bits per heavy atom. The molecule has 1 saturated carbocycles. The number of nitrogens with zero attached hydrogens (tertiary/aromatic N) is 2. The molecule has 1 aromatic rings. The number of benzene rings is 1. The summed E-state index contributed by atoms with van der Waals surface area (Å²) in [5.41, 5.74) is 2.40. The minimum atomic E-state index is 0. The highest BCUT2D eigenvalue weighted by molar-refractivity contribution is 14.0. The van der Waals surface area contributed by atoms with Gasteiger partial charge in [-0.3, -0.25) is 9.89 Å². The molecule has 6 nitrogen and oxygen atoms in total. The van der Waals surface area contributed by atoms with E-state index in [4.69, 9.17) is 9.47 Å². The van der Waals surface area contributed by atoms with Gasteiger partial charge in [-0.25, -0.2) is 0 Å². The minimum Gasteiger partial charge on any atom is -0.493 e. The topological polar surface area (TPSA) is 58.1 Å². The average Bonchev–Trinajstić information content (AvgIpc) is 3.42. The van der Waals surface area contributed by atoms with E-state index in [2.05, 4.69) is 45.6 Å². The molecule has 2 aliphatic heterocycles. The standard InChI is InChI=1S/C22H34N4O2.HI/c1-16-5-8-18(21(10-16)28-14-17-6-7-17)11-24-22(23-2)25-12-20-13-26-9-3-4-19(26)15-27-20;/h5,8,10,17,19-20H,3-4,6-7,9,11-15H2,1-2H3,(H2,23,24,25);1H. The summed E-state index contributed by atoms with van der Waals surface area (Å²) < 4.78 is 12.1. The maximum absolute atomic E-state index is 6.08. The van der Waals surface area contributed by atoms with Crippen molar-refractivity contribution in [3.05, 3.63) is 29.3 Å². The summed E-state index contributed by atoms with van der Waals surface area (Å²) in [4.78, 5) is 6.94. The molecule has 0 amide bonds. The van der Waals surface area contributed by atoms with E-state index >= 15 is 0 Å². The molecular formula is C22H35IN4O2. The lowest BCUT2D eigenvalue weighted by atomic mass is 10.1. The number of morpholine rings is 1. The summed E-state index contributed by atoms with van der Waals surface area (Å²) in [5.74, 6) is 2.55. The molecule has 4 rings (SSSR count). The molecule has 7 heteroatoms. The second-order valence-corrected chi connectivity index (χ2v) is 8.42. The zero-order valence-electron chi connectivity index (χ0n) is 17.7. The van der Waals surface area contributed by atoms with Crippen LogP contribution >= 0.6 is 24.0 Å². The van der Waals surface area contributed by atoms with Crippen LogP contribution in [0.1, 0.15) is 36.8 Å². The smallest absolute Gasteiger partial charge is 0.191 e. The van der Waals surface area contributed by atoms with E-state index in [9.17, 15) is 0 Å². The summed E-state index contributed by atoms with van der Waals surface area (Å²) in [6, 6.07) is 7.07. The Hall–Kier alpha value is -1.06. The van der Waals surface area contributed by atoms with E-state index in [-0.39, 0.29) is 30.1 Å². The lowest BCUT2D eigenvalue weighted by Crippen LogP contribution is -2.51. The zero-order valence-corrected chi connectivity index (χ0v) is 20.0. The van der Waals surface area contributed by atoms with Gasteiger partial charge in [0.15, 0.2) is 5.96 Å². The predicted octanol–water partition coefficient (Wildman–Crippen LogP) is 2.93. The Bertz CT molecular complexity index is 695. The lowest BCUT2D eigenvalue weighted by Gasteiger charge is -2.35. The summed E-state index contributed by atoms with van der Waals surface area (Å²) >= 11 is 0. The molecule has 1 aromatic carbocycles. The normalized spacial score (nSPS) is 24.6. The number of rotatable bonds is 7. The minimum absolute atomic E-state index is 0. The van der Waals surface area contributed by atoms with Crippen molar-refractivity contribution in [3.63, 3.8) is 0 Å². The van der Waals surface area contributed by atoms with Crippen LogP contribution in [0.4, 0.5) is 0 Å². The zero-order chi connectivity index (χ0) is 19.3. The van der Waals surface area contributed by atoms with Crippen molar-refractivity contribution < 1.29 is 9.47 Å². The highest BCUT2D eigenvalue weighted by atomic mass is 127. The number of guanidine groups is 1. The molecular weight excluding hydrogens is 479 g/mol. The van der Waals surface area contributed by atoms with Gasteiger partial charge < -0.3 is 20.1 Å². The highest BCUT2D eigenvalue weighted by Gasteiger charge is 2.32. The number of hydrogen-bond donors (Lipinski definition) is 2. The maximum atomic E-state index is 6.08. The Morgan fingerprint density at radius 3 is 2.93 bits per heavy atom. The molecule has 162 valence electrons. The van der Waals surface area contributed by atoms with Crippen molar-refractivity contribution in [1.29, 1.82) is 0 Å². The van der Waals surface area contributed by atoms with Gasteiger partial charge in [0.25, 0.3) is 0 Å². The van der Waals surface area contributed by atoms with Crippen LogP contribution in [-0.4, -0.2) is 62.9 Å². The fourth-order valence-corrected chi connectivity index (χ4v) is 4.05. The summed E-state index contributed by atoms with van der Waals surface area (Å²) in [6.45, 7) is 7.52. The molecule has 2 atom stereocenters. The SMILES string of the molecule is CN=C(NCc1ccc(C)cc1OCC1CC1)NCC1CN2CCCC2CO1.I. The molecule has 29 heavy (non-hydrogen) atoms. The fraction of sp³-hybridized carbons (Fsp3) is 0.682. The number of nitrogens with one attached hydrogen (secondary N) is 2. The van der Waals surface area contributed by atoms with Crippen molar-refractivity contribution in [1.82, 2.24) is 15.5 Å². The van der Waals surface area contributed by atoms with Crippen molar-refractivity contribution in [2.24, 2.45) is 10.9 Å². The van der Waals surface area contributed by atoms with E-state index in [1.54, 1.807) is 0 Å². The molecule has 0 radical (unpaired) electrons. The molecule has 2 unspecified atom stereocenters. The number of halogens is 1. The third-order valence-corrected chi connectivity index (χ3v) is 6.02. The van der Waals surface area contributed by atoms with Crippen LogP contribution < -0.4 is 15.4 Å². The van der Waals surface area contributed by atoms with E-state index in [1.807, 2.05) is 7.05 Å². The van der Waals surface area contributed by atoms with Crippen LogP contribution in [-0.2, 0) is 11.3 Å². The molecule has 2 heterocycles. The van der Waals surface area contributed by atoms with Crippen LogP contribution in [0.5, 0.6) is 5.75 Å². The second-order valence-electron chi connectivity index (χ2n) is 8.42. The van der Waals surface area contributed by atoms with Crippen LogP contribution in [0, 0.1) is 12.8 Å². The van der Waals surface area contributed by atoms with E-state index in [0.717, 1.165) is 43.9 Å². The largest absolute Gasteiger partial charge is 0.493 e. The Kier molecular flexibility index (Phi) is 8.44. The molecule has 3 aliphatic rings. The number of ether oxygens (including phenoxy) is 2. The van der Waals surface area contributed by atoms with Gasteiger partial charge in [0.1, 0.15) is 5.75 Å². The Balaban J connectivity index is 0.00000240. The van der Waals surface area contributed by atoms with Crippen LogP contribution in [0.15, 0.2) is 23.2 Å². The van der Waals surface area contributed by atoms with Gasteiger partial charge in [0.05, 0.1) is 19.3 Å². The summed E-state index contributed by atoms with van der Waals surface area (Å²) in [6.07, 6.45) is 5.42. The molecule has 2 saturated heterocycles. The molecule has 0 spiro atoms. The van der Waals surface area contributed by atoms with Crippen molar-refractivity contribution in [2.45, 2.75) is 51.3 Å². The molecule has 3 fully saturated rings. The molecule has 2 N–H and O–H groups in total.